The molecule has 2 aromatic rings. The number of carboxylic acids is 1. The summed E-state index contributed by atoms with van der Waals surface area (Å²) < 4.78 is 0. The SMILES string of the molecule is CC(C)C[C@H]1N[C@@H](C(=O)O)[C@H](c2cccc(Cl)c2)[C@@]12C(=O)Nc1cc(Cl)ccc12. The Morgan fingerprint density at radius 3 is 2.55 bits per heavy atom. The van der Waals surface area contributed by atoms with E-state index in [9.17, 15) is 14.7 Å². The molecule has 3 N–H and O–H groups in total. The van der Waals surface area contributed by atoms with Crippen molar-refractivity contribution in [1.82, 2.24) is 5.32 Å². The monoisotopic (exact) mass is 432 g/mol. The minimum absolute atomic E-state index is 0.207. The molecule has 7 heteroatoms. The van der Waals surface area contributed by atoms with Crippen LogP contribution < -0.4 is 10.6 Å². The number of carbonyl (C=O) groups is 2. The van der Waals surface area contributed by atoms with Crippen LogP contribution in [0.3, 0.4) is 0 Å². The molecule has 2 heterocycles. The smallest absolute Gasteiger partial charge is 0.321 e. The van der Waals surface area contributed by atoms with Crippen LogP contribution in [-0.4, -0.2) is 29.1 Å². The van der Waals surface area contributed by atoms with Crippen LogP contribution in [-0.2, 0) is 15.0 Å². The lowest BCUT2D eigenvalue weighted by Gasteiger charge is -2.35. The average Bonchev–Trinajstić information content (AvgIpc) is 3.11. The van der Waals surface area contributed by atoms with Crippen molar-refractivity contribution < 1.29 is 14.7 Å². The fraction of sp³-hybridized carbons (Fsp3) is 0.364. The predicted octanol–water partition coefficient (Wildman–Crippen LogP) is 4.44. The van der Waals surface area contributed by atoms with Crippen LogP contribution in [0.4, 0.5) is 5.69 Å². The van der Waals surface area contributed by atoms with Crippen LogP contribution in [0.25, 0.3) is 0 Å². The third-order valence-corrected chi connectivity index (χ3v) is 6.46. The van der Waals surface area contributed by atoms with Crippen LogP contribution in [0, 0.1) is 5.92 Å². The number of amides is 1. The maximum Gasteiger partial charge on any atom is 0.321 e. The molecule has 29 heavy (non-hydrogen) atoms. The van der Waals surface area contributed by atoms with E-state index in [1.54, 1.807) is 30.3 Å². The van der Waals surface area contributed by atoms with E-state index in [1.165, 1.54) is 0 Å². The zero-order valence-electron chi connectivity index (χ0n) is 16.1. The topological polar surface area (TPSA) is 78.4 Å². The molecule has 4 atom stereocenters. The zero-order valence-corrected chi connectivity index (χ0v) is 17.6. The molecule has 0 bridgehead atoms. The van der Waals surface area contributed by atoms with Gasteiger partial charge >= 0.3 is 5.97 Å². The number of benzene rings is 2. The van der Waals surface area contributed by atoms with Gasteiger partial charge < -0.3 is 10.4 Å². The van der Waals surface area contributed by atoms with Crippen molar-refractivity contribution >= 4 is 40.8 Å². The standard InChI is InChI=1S/C22H22Cl2N2O3/c1-11(2)8-17-22(15-7-6-14(24)10-16(15)25-21(22)29)18(19(26-17)20(27)28)12-4-3-5-13(23)9-12/h3-7,9-11,17-19,26H,8H2,1-2H3,(H,25,29)(H,27,28)/t17-,18+,19-,22+/m1/s1. The van der Waals surface area contributed by atoms with Gasteiger partial charge in [0, 0.05) is 27.7 Å². The van der Waals surface area contributed by atoms with Gasteiger partial charge in [0.2, 0.25) is 5.91 Å². The van der Waals surface area contributed by atoms with Crippen molar-refractivity contribution in [1.29, 1.82) is 0 Å². The van der Waals surface area contributed by atoms with Crippen molar-refractivity contribution in [3.05, 3.63) is 63.6 Å². The Kier molecular flexibility index (Phi) is 5.09. The minimum atomic E-state index is -1.07. The molecule has 2 aliphatic heterocycles. The summed E-state index contributed by atoms with van der Waals surface area (Å²) in [6, 6.07) is 11.2. The number of anilines is 1. The molecule has 0 saturated carbocycles. The third kappa shape index (κ3) is 3.12. The number of aliphatic carboxylic acids is 1. The lowest BCUT2D eigenvalue weighted by molar-refractivity contribution is -0.139. The first kappa shape index (κ1) is 20.2. The summed E-state index contributed by atoms with van der Waals surface area (Å²) in [6.07, 6.45) is 0.649. The van der Waals surface area contributed by atoms with Crippen molar-refractivity contribution in [2.75, 3.05) is 5.32 Å². The van der Waals surface area contributed by atoms with Gasteiger partial charge in [0.15, 0.2) is 0 Å². The summed E-state index contributed by atoms with van der Waals surface area (Å²) >= 11 is 12.4. The number of halogens is 2. The molecule has 0 aromatic heterocycles. The van der Waals surface area contributed by atoms with E-state index < -0.39 is 23.3 Å². The van der Waals surface area contributed by atoms with Crippen LogP contribution in [0.15, 0.2) is 42.5 Å². The lowest BCUT2D eigenvalue weighted by Crippen LogP contribution is -2.48. The molecule has 1 fully saturated rings. The molecule has 152 valence electrons. The quantitative estimate of drug-likeness (QED) is 0.667. The molecule has 1 amide bonds. The Balaban J connectivity index is 2.00. The van der Waals surface area contributed by atoms with E-state index in [-0.39, 0.29) is 17.9 Å². The second-order valence-corrected chi connectivity index (χ2v) is 9.08. The van der Waals surface area contributed by atoms with Gasteiger partial charge in [-0.1, -0.05) is 55.2 Å². The van der Waals surface area contributed by atoms with Crippen molar-refractivity contribution in [2.45, 2.75) is 43.7 Å². The molecular weight excluding hydrogens is 411 g/mol. The van der Waals surface area contributed by atoms with Crippen molar-refractivity contribution in [3.63, 3.8) is 0 Å². The Morgan fingerprint density at radius 1 is 1.17 bits per heavy atom. The van der Waals surface area contributed by atoms with E-state index >= 15 is 0 Å². The predicted molar refractivity (Wildman–Crippen MR) is 114 cm³/mol. The molecule has 0 aliphatic carbocycles. The van der Waals surface area contributed by atoms with Gasteiger partial charge in [0.05, 0.1) is 0 Å². The summed E-state index contributed by atoms with van der Waals surface area (Å²) in [6.45, 7) is 4.13. The fourth-order valence-electron chi connectivity index (χ4n) is 5.00. The van der Waals surface area contributed by atoms with Gasteiger partial charge in [0.1, 0.15) is 11.5 Å². The maximum atomic E-state index is 13.6. The van der Waals surface area contributed by atoms with Gasteiger partial charge in [0.25, 0.3) is 0 Å². The number of hydrogen-bond acceptors (Lipinski definition) is 3. The van der Waals surface area contributed by atoms with E-state index in [4.69, 9.17) is 23.2 Å². The van der Waals surface area contributed by atoms with Gasteiger partial charge in [-0.15, -0.1) is 0 Å². The Labute approximate surface area is 179 Å². The van der Waals surface area contributed by atoms with E-state index in [2.05, 4.69) is 24.5 Å². The number of rotatable bonds is 4. The first-order chi connectivity index (χ1) is 13.7. The number of hydrogen-bond donors (Lipinski definition) is 3. The minimum Gasteiger partial charge on any atom is -0.480 e. The molecule has 0 unspecified atom stereocenters. The second kappa shape index (κ2) is 7.31. The summed E-state index contributed by atoms with van der Waals surface area (Å²) in [5, 5.41) is 17.3. The van der Waals surface area contributed by atoms with Crippen molar-refractivity contribution in [2.24, 2.45) is 5.92 Å². The number of carbonyl (C=O) groups excluding carboxylic acids is 1. The number of carboxylic acid groups (broad SMARTS) is 1. The molecule has 2 aromatic carbocycles. The average molecular weight is 433 g/mol. The number of fused-ring (bicyclic) bond motifs is 2. The third-order valence-electron chi connectivity index (χ3n) is 5.99. The van der Waals surface area contributed by atoms with E-state index in [1.807, 2.05) is 12.1 Å². The first-order valence-electron chi connectivity index (χ1n) is 9.61. The Hall–Kier alpha value is -2.08. The highest BCUT2D eigenvalue weighted by Crippen LogP contribution is 2.56. The van der Waals surface area contributed by atoms with Gasteiger partial charge in [-0.25, -0.2) is 0 Å². The van der Waals surface area contributed by atoms with Crippen LogP contribution in [0.5, 0.6) is 0 Å². The van der Waals surface area contributed by atoms with E-state index in [0.29, 0.717) is 22.2 Å². The highest BCUT2D eigenvalue weighted by atomic mass is 35.5. The summed E-state index contributed by atoms with van der Waals surface area (Å²) in [4.78, 5) is 25.8. The van der Waals surface area contributed by atoms with Crippen LogP contribution in [0.1, 0.15) is 37.3 Å². The largest absolute Gasteiger partial charge is 0.480 e. The highest BCUT2D eigenvalue weighted by molar-refractivity contribution is 6.31. The summed E-state index contributed by atoms with van der Waals surface area (Å²) in [5.41, 5.74) is 1.06. The summed E-state index contributed by atoms with van der Waals surface area (Å²) in [5.74, 6) is -1.55. The highest BCUT2D eigenvalue weighted by Gasteiger charge is 2.65. The lowest BCUT2D eigenvalue weighted by atomic mass is 9.63. The number of nitrogens with one attached hydrogen (secondary N) is 2. The molecule has 1 spiro atoms. The molecule has 5 nitrogen and oxygen atoms in total. The van der Waals surface area contributed by atoms with Gasteiger partial charge in [-0.2, -0.15) is 0 Å². The molecular formula is C22H22Cl2N2O3. The maximum absolute atomic E-state index is 13.6. The first-order valence-corrected chi connectivity index (χ1v) is 10.4. The van der Waals surface area contributed by atoms with Crippen LogP contribution >= 0.6 is 23.2 Å². The van der Waals surface area contributed by atoms with Crippen molar-refractivity contribution in [3.8, 4) is 0 Å². The molecule has 2 aliphatic rings. The molecule has 1 saturated heterocycles. The fourth-order valence-corrected chi connectivity index (χ4v) is 5.37. The van der Waals surface area contributed by atoms with Crippen LogP contribution in [0.2, 0.25) is 10.0 Å². The normalized spacial score (nSPS) is 28.0. The second-order valence-electron chi connectivity index (χ2n) is 8.21. The van der Waals surface area contributed by atoms with Gasteiger partial charge in [-0.3, -0.25) is 14.9 Å². The Morgan fingerprint density at radius 2 is 1.90 bits per heavy atom. The van der Waals surface area contributed by atoms with Gasteiger partial charge in [-0.05, 0) is 47.7 Å². The molecule has 4 rings (SSSR count). The van der Waals surface area contributed by atoms with E-state index in [0.717, 1.165) is 11.1 Å². The Bertz CT molecular complexity index is 994. The zero-order chi connectivity index (χ0) is 20.9. The summed E-state index contributed by atoms with van der Waals surface area (Å²) in [7, 11) is 0. The molecule has 0 radical (unpaired) electrons.